The molecular weight excluding hydrogens is 254 g/mol. The zero-order valence-electron chi connectivity index (χ0n) is 13.0. The van der Waals surface area contributed by atoms with E-state index in [0.717, 1.165) is 19.6 Å². The summed E-state index contributed by atoms with van der Waals surface area (Å²) in [7, 11) is 4.25. The predicted molar refractivity (Wildman–Crippen MR) is 85.9 cm³/mol. The zero-order chi connectivity index (χ0) is 14.4. The highest BCUT2D eigenvalue weighted by atomic mass is 32.1. The third kappa shape index (κ3) is 5.22. The van der Waals surface area contributed by atoms with Crippen molar-refractivity contribution in [1.82, 2.24) is 9.80 Å². The maximum absolute atomic E-state index is 6.27. The maximum atomic E-state index is 6.27. The summed E-state index contributed by atoms with van der Waals surface area (Å²) < 4.78 is 0. The van der Waals surface area contributed by atoms with Gasteiger partial charge in [0.05, 0.1) is 6.04 Å². The van der Waals surface area contributed by atoms with Crippen molar-refractivity contribution in [1.29, 1.82) is 0 Å². The Morgan fingerprint density at radius 1 is 1.21 bits per heavy atom. The molecule has 0 fully saturated rings. The first-order valence-corrected chi connectivity index (χ1v) is 7.98. The molecule has 0 aliphatic carbocycles. The predicted octanol–water partition coefficient (Wildman–Crippen LogP) is 2.72. The van der Waals surface area contributed by atoms with E-state index in [0.29, 0.717) is 6.04 Å². The molecule has 0 aliphatic heterocycles. The van der Waals surface area contributed by atoms with Crippen LogP contribution in [-0.2, 0) is 0 Å². The van der Waals surface area contributed by atoms with Crippen molar-refractivity contribution in [2.45, 2.75) is 39.3 Å². The molecule has 1 rings (SSSR count). The van der Waals surface area contributed by atoms with Crippen molar-refractivity contribution >= 4 is 11.3 Å². The molecule has 2 atom stereocenters. The van der Waals surface area contributed by atoms with E-state index in [1.807, 2.05) is 11.3 Å². The fraction of sp³-hybridized carbons (Fsp3) is 0.733. The molecule has 1 aromatic heterocycles. The van der Waals surface area contributed by atoms with E-state index < -0.39 is 0 Å². The molecule has 0 bridgehead atoms. The summed E-state index contributed by atoms with van der Waals surface area (Å²) in [5, 5.41) is 0. The topological polar surface area (TPSA) is 32.5 Å². The highest BCUT2D eigenvalue weighted by Crippen LogP contribution is 2.29. The van der Waals surface area contributed by atoms with Gasteiger partial charge in [-0.2, -0.15) is 0 Å². The molecule has 1 heterocycles. The normalized spacial score (nSPS) is 15.2. The van der Waals surface area contributed by atoms with Gasteiger partial charge in [-0.25, -0.2) is 0 Å². The van der Waals surface area contributed by atoms with E-state index in [1.54, 1.807) is 0 Å². The number of hydrogen-bond acceptors (Lipinski definition) is 4. The Morgan fingerprint density at radius 3 is 2.32 bits per heavy atom. The lowest BCUT2D eigenvalue weighted by molar-refractivity contribution is 0.163. The average molecular weight is 283 g/mol. The molecule has 0 aliphatic rings. The van der Waals surface area contributed by atoms with Gasteiger partial charge in [-0.1, -0.05) is 6.92 Å². The van der Waals surface area contributed by atoms with Gasteiger partial charge >= 0.3 is 0 Å². The van der Waals surface area contributed by atoms with Crippen LogP contribution in [0.3, 0.4) is 0 Å². The van der Waals surface area contributed by atoms with E-state index in [-0.39, 0.29) is 6.04 Å². The van der Waals surface area contributed by atoms with Crippen LogP contribution >= 0.6 is 11.3 Å². The Morgan fingerprint density at radius 2 is 1.89 bits per heavy atom. The van der Waals surface area contributed by atoms with Gasteiger partial charge in [0.2, 0.25) is 0 Å². The second kappa shape index (κ2) is 8.00. The van der Waals surface area contributed by atoms with E-state index >= 15 is 0 Å². The summed E-state index contributed by atoms with van der Waals surface area (Å²) in [6.07, 6.45) is 1.17. The van der Waals surface area contributed by atoms with Gasteiger partial charge in [-0.3, -0.25) is 4.90 Å². The van der Waals surface area contributed by atoms with Gasteiger partial charge in [0.25, 0.3) is 0 Å². The summed E-state index contributed by atoms with van der Waals surface area (Å²) in [5.74, 6) is 0. The number of rotatable bonds is 8. The lowest BCUT2D eigenvalue weighted by atomic mass is 10.1. The summed E-state index contributed by atoms with van der Waals surface area (Å²) in [6, 6.07) is 4.95. The largest absolute Gasteiger partial charge is 0.326 e. The molecule has 0 radical (unpaired) electrons. The molecule has 2 N–H and O–H groups in total. The van der Waals surface area contributed by atoms with Gasteiger partial charge in [0.1, 0.15) is 0 Å². The number of nitrogens with zero attached hydrogens (tertiary/aromatic N) is 2. The molecule has 0 amide bonds. The highest BCUT2D eigenvalue weighted by molar-refractivity contribution is 7.12. The quantitative estimate of drug-likeness (QED) is 0.796. The van der Waals surface area contributed by atoms with Crippen molar-refractivity contribution < 1.29 is 0 Å². The average Bonchev–Trinajstić information content (AvgIpc) is 2.72. The van der Waals surface area contributed by atoms with Crippen LogP contribution < -0.4 is 5.73 Å². The van der Waals surface area contributed by atoms with E-state index in [1.165, 1.54) is 16.2 Å². The van der Waals surface area contributed by atoms with Gasteiger partial charge in [0.15, 0.2) is 0 Å². The summed E-state index contributed by atoms with van der Waals surface area (Å²) in [5.41, 5.74) is 6.27. The van der Waals surface area contributed by atoms with Crippen molar-refractivity contribution in [3.63, 3.8) is 0 Å². The van der Waals surface area contributed by atoms with E-state index in [4.69, 9.17) is 5.73 Å². The lowest BCUT2D eigenvalue weighted by Crippen LogP contribution is -2.42. The first kappa shape index (κ1) is 16.6. The summed E-state index contributed by atoms with van der Waals surface area (Å²) in [4.78, 5) is 7.54. The van der Waals surface area contributed by atoms with Gasteiger partial charge < -0.3 is 10.6 Å². The third-order valence-electron chi connectivity index (χ3n) is 3.29. The van der Waals surface area contributed by atoms with Crippen LogP contribution in [0.5, 0.6) is 0 Å². The minimum Gasteiger partial charge on any atom is -0.326 e. The molecule has 19 heavy (non-hydrogen) atoms. The molecule has 4 heteroatoms. The number of thiophene rings is 1. The second-order valence-electron chi connectivity index (χ2n) is 5.59. The standard InChI is InChI=1S/C15H29N3S/c1-6-9-18(11-10-17(4)5)15(13(3)16)14-8-7-12(2)19-14/h7-8,13,15H,6,9-11,16H2,1-5H3. The van der Waals surface area contributed by atoms with Crippen molar-refractivity contribution in [2.75, 3.05) is 33.7 Å². The molecule has 0 aromatic carbocycles. The maximum Gasteiger partial charge on any atom is 0.0591 e. The van der Waals surface area contributed by atoms with Crippen LogP contribution in [0.25, 0.3) is 0 Å². The van der Waals surface area contributed by atoms with Crippen LogP contribution in [0.2, 0.25) is 0 Å². The molecule has 0 spiro atoms. The number of nitrogens with two attached hydrogens (primary N) is 1. The van der Waals surface area contributed by atoms with Crippen LogP contribution in [-0.4, -0.2) is 49.6 Å². The number of hydrogen-bond donors (Lipinski definition) is 1. The minimum absolute atomic E-state index is 0.159. The van der Waals surface area contributed by atoms with E-state index in [9.17, 15) is 0 Å². The molecule has 0 saturated heterocycles. The SMILES string of the molecule is CCCN(CCN(C)C)C(c1ccc(C)s1)C(C)N. The summed E-state index contributed by atoms with van der Waals surface area (Å²) in [6.45, 7) is 9.78. The van der Waals surface area contributed by atoms with Crippen LogP contribution in [0, 0.1) is 6.92 Å². The second-order valence-corrected chi connectivity index (χ2v) is 6.91. The summed E-state index contributed by atoms with van der Waals surface area (Å²) >= 11 is 1.88. The van der Waals surface area contributed by atoms with Crippen molar-refractivity contribution in [3.05, 3.63) is 21.9 Å². The zero-order valence-corrected chi connectivity index (χ0v) is 13.8. The Balaban J connectivity index is 2.85. The first-order chi connectivity index (χ1) is 8.95. The Bertz CT molecular complexity index is 360. The number of likely N-dealkylation sites (N-methyl/N-ethyl adjacent to an activating group) is 1. The Labute approximate surface area is 122 Å². The fourth-order valence-electron chi connectivity index (χ4n) is 2.39. The number of aryl methyl sites for hydroxylation is 1. The molecule has 3 nitrogen and oxygen atoms in total. The lowest BCUT2D eigenvalue weighted by Gasteiger charge is -2.34. The smallest absolute Gasteiger partial charge is 0.0591 e. The van der Waals surface area contributed by atoms with Crippen molar-refractivity contribution in [2.24, 2.45) is 5.73 Å². The minimum atomic E-state index is 0.159. The van der Waals surface area contributed by atoms with Gasteiger partial charge in [-0.05, 0) is 53.0 Å². The first-order valence-electron chi connectivity index (χ1n) is 7.16. The monoisotopic (exact) mass is 283 g/mol. The molecule has 2 unspecified atom stereocenters. The van der Waals surface area contributed by atoms with Crippen LogP contribution in [0.4, 0.5) is 0 Å². The van der Waals surface area contributed by atoms with E-state index in [2.05, 4.69) is 56.8 Å². The Hall–Kier alpha value is -0.420. The van der Waals surface area contributed by atoms with Gasteiger partial charge in [-0.15, -0.1) is 11.3 Å². The molecule has 1 aromatic rings. The van der Waals surface area contributed by atoms with Crippen molar-refractivity contribution in [3.8, 4) is 0 Å². The Kier molecular flexibility index (Phi) is 7.00. The molecule has 110 valence electrons. The molecule has 0 saturated carbocycles. The molecular formula is C15H29N3S. The van der Waals surface area contributed by atoms with Gasteiger partial charge in [0, 0.05) is 28.9 Å². The highest BCUT2D eigenvalue weighted by Gasteiger charge is 2.24. The van der Waals surface area contributed by atoms with Crippen LogP contribution in [0.1, 0.15) is 36.1 Å². The fourth-order valence-corrected chi connectivity index (χ4v) is 3.52. The van der Waals surface area contributed by atoms with Crippen LogP contribution in [0.15, 0.2) is 12.1 Å². The third-order valence-corrected chi connectivity index (χ3v) is 4.36.